The molecule has 0 rings (SSSR count). The summed E-state index contributed by atoms with van der Waals surface area (Å²) >= 11 is 0. The second-order valence-corrected chi connectivity index (χ2v) is 1.15. The van der Waals surface area contributed by atoms with Crippen molar-refractivity contribution in [2.75, 3.05) is 13.1 Å². The average molecular weight is 116 g/mol. The van der Waals surface area contributed by atoms with E-state index >= 15 is 0 Å². The van der Waals surface area contributed by atoms with Crippen molar-refractivity contribution >= 4 is 5.97 Å². The van der Waals surface area contributed by atoms with E-state index in [1.54, 1.807) is 6.92 Å². The largest absolute Gasteiger partial charge is 0.480 e. The van der Waals surface area contributed by atoms with Crippen molar-refractivity contribution in [1.29, 1.82) is 0 Å². The van der Waals surface area contributed by atoms with E-state index in [1.807, 2.05) is 0 Å². The lowest BCUT2D eigenvalue weighted by molar-refractivity contribution is -0.135. The molecular weight excluding hydrogens is 108 g/mol. The fraction of sp³-hybridized carbons (Fsp3) is 0.750. The van der Waals surface area contributed by atoms with E-state index in [-0.39, 0.29) is 6.54 Å². The third-order valence-electron chi connectivity index (χ3n) is 0.447. The van der Waals surface area contributed by atoms with Crippen LogP contribution in [0.2, 0.25) is 0 Å². The van der Waals surface area contributed by atoms with Gasteiger partial charge in [-0.2, -0.15) is 10.2 Å². The number of azo groups is 1. The zero-order chi connectivity index (χ0) is 6.41. The number of rotatable bonds is 3. The number of hydrogen-bond acceptors (Lipinski definition) is 3. The van der Waals surface area contributed by atoms with Gasteiger partial charge in [0.2, 0.25) is 0 Å². The Morgan fingerprint density at radius 2 is 2.25 bits per heavy atom. The molecule has 0 aliphatic carbocycles. The third-order valence-corrected chi connectivity index (χ3v) is 0.447. The van der Waals surface area contributed by atoms with Crippen LogP contribution < -0.4 is 0 Å². The lowest BCUT2D eigenvalue weighted by Gasteiger charge is -1.80. The first-order chi connectivity index (χ1) is 3.77. The van der Waals surface area contributed by atoms with Crippen LogP contribution in [0.25, 0.3) is 0 Å². The van der Waals surface area contributed by atoms with Gasteiger partial charge in [0.25, 0.3) is 0 Å². The van der Waals surface area contributed by atoms with E-state index in [1.165, 1.54) is 0 Å². The van der Waals surface area contributed by atoms with Crippen LogP contribution in [0.4, 0.5) is 0 Å². The molecule has 0 aromatic rings. The predicted octanol–water partition coefficient (Wildman–Crippen LogP) is 0.543. The summed E-state index contributed by atoms with van der Waals surface area (Å²) in [6.45, 7) is 2.13. The second-order valence-electron chi connectivity index (χ2n) is 1.15. The smallest absolute Gasteiger partial charge is 0.327 e. The molecule has 0 spiro atoms. The zero-order valence-corrected chi connectivity index (χ0v) is 4.66. The highest BCUT2D eigenvalue weighted by atomic mass is 16.4. The summed E-state index contributed by atoms with van der Waals surface area (Å²) < 4.78 is 0. The van der Waals surface area contributed by atoms with Crippen molar-refractivity contribution in [3.8, 4) is 0 Å². The lowest BCUT2D eigenvalue weighted by atomic mass is 10.7. The first-order valence-electron chi connectivity index (χ1n) is 2.32. The van der Waals surface area contributed by atoms with Crippen LogP contribution in [0.3, 0.4) is 0 Å². The molecule has 0 saturated carbocycles. The van der Waals surface area contributed by atoms with Crippen LogP contribution in [-0.4, -0.2) is 24.2 Å². The van der Waals surface area contributed by atoms with Gasteiger partial charge in [0, 0.05) is 0 Å². The highest BCUT2D eigenvalue weighted by molar-refractivity contribution is 5.68. The van der Waals surface area contributed by atoms with Gasteiger partial charge < -0.3 is 5.11 Å². The minimum absolute atomic E-state index is 0.214. The SMILES string of the molecule is CCN=NCC(=O)O. The molecule has 0 heterocycles. The molecule has 0 radical (unpaired) electrons. The van der Waals surface area contributed by atoms with Gasteiger partial charge in [-0.3, -0.25) is 4.79 Å². The molecule has 0 aliphatic rings. The van der Waals surface area contributed by atoms with Crippen molar-refractivity contribution in [3.63, 3.8) is 0 Å². The lowest BCUT2D eigenvalue weighted by Crippen LogP contribution is -1.97. The van der Waals surface area contributed by atoms with Crippen molar-refractivity contribution in [2.45, 2.75) is 6.92 Å². The molecule has 0 aromatic heterocycles. The standard InChI is InChI=1S/C4H8N2O2/c1-2-5-6-3-4(7)8/h2-3H2,1H3,(H,7,8). The van der Waals surface area contributed by atoms with Gasteiger partial charge in [0.1, 0.15) is 0 Å². The first-order valence-corrected chi connectivity index (χ1v) is 2.32. The van der Waals surface area contributed by atoms with Crippen molar-refractivity contribution in [1.82, 2.24) is 0 Å². The molecule has 0 saturated heterocycles. The maximum absolute atomic E-state index is 9.72. The maximum atomic E-state index is 9.72. The Kier molecular flexibility index (Phi) is 3.74. The molecular formula is C4H8N2O2. The Morgan fingerprint density at radius 1 is 1.62 bits per heavy atom. The molecule has 4 heteroatoms. The van der Waals surface area contributed by atoms with Gasteiger partial charge in [-0.25, -0.2) is 0 Å². The van der Waals surface area contributed by atoms with E-state index in [2.05, 4.69) is 10.2 Å². The fourth-order valence-electron chi connectivity index (χ4n) is 0.210. The number of hydrogen-bond donors (Lipinski definition) is 1. The van der Waals surface area contributed by atoms with Gasteiger partial charge in [-0.05, 0) is 6.92 Å². The Morgan fingerprint density at radius 3 is 2.62 bits per heavy atom. The summed E-state index contributed by atoms with van der Waals surface area (Å²) in [5.41, 5.74) is 0. The van der Waals surface area contributed by atoms with E-state index in [0.717, 1.165) is 0 Å². The van der Waals surface area contributed by atoms with Crippen molar-refractivity contribution in [2.24, 2.45) is 10.2 Å². The topological polar surface area (TPSA) is 62.0 Å². The summed E-state index contributed by atoms with van der Waals surface area (Å²) in [5.74, 6) is -0.942. The average Bonchev–Trinajstić information content (AvgIpc) is 1.66. The van der Waals surface area contributed by atoms with Gasteiger partial charge in [-0.15, -0.1) is 0 Å². The minimum atomic E-state index is -0.942. The Hall–Kier alpha value is -0.930. The van der Waals surface area contributed by atoms with Crippen LogP contribution in [0.1, 0.15) is 6.92 Å². The molecule has 0 fully saturated rings. The predicted molar refractivity (Wildman–Crippen MR) is 27.9 cm³/mol. The molecule has 0 bridgehead atoms. The van der Waals surface area contributed by atoms with Gasteiger partial charge >= 0.3 is 5.97 Å². The molecule has 46 valence electrons. The van der Waals surface area contributed by atoms with E-state index in [0.29, 0.717) is 6.54 Å². The Bertz CT molecular complexity index is 100. The number of carbonyl (C=O) groups is 1. The van der Waals surface area contributed by atoms with E-state index < -0.39 is 5.97 Å². The Labute approximate surface area is 47.2 Å². The zero-order valence-electron chi connectivity index (χ0n) is 4.66. The molecule has 0 aliphatic heterocycles. The highest BCUT2D eigenvalue weighted by Gasteiger charge is 1.88. The van der Waals surface area contributed by atoms with Gasteiger partial charge in [0.05, 0.1) is 6.54 Å². The third kappa shape index (κ3) is 5.07. The summed E-state index contributed by atoms with van der Waals surface area (Å²) in [6, 6.07) is 0. The van der Waals surface area contributed by atoms with Crippen LogP contribution in [0.15, 0.2) is 10.2 Å². The number of nitrogens with zero attached hydrogens (tertiary/aromatic N) is 2. The summed E-state index contributed by atoms with van der Waals surface area (Å²) in [6.07, 6.45) is 0. The maximum Gasteiger partial charge on any atom is 0.327 e. The van der Waals surface area contributed by atoms with E-state index in [9.17, 15) is 4.79 Å². The van der Waals surface area contributed by atoms with Crippen LogP contribution in [-0.2, 0) is 4.79 Å². The molecule has 4 nitrogen and oxygen atoms in total. The molecule has 0 amide bonds. The normalized spacial score (nSPS) is 10.1. The summed E-state index contributed by atoms with van der Waals surface area (Å²) in [5, 5.41) is 14.8. The van der Waals surface area contributed by atoms with Crippen molar-refractivity contribution in [3.05, 3.63) is 0 Å². The quantitative estimate of drug-likeness (QED) is 0.547. The molecule has 0 aromatic carbocycles. The molecule has 1 N–H and O–H groups in total. The van der Waals surface area contributed by atoms with Gasteiger partial charge in [0.15, 0.2) is 6.54 Å². The number of aliphatic carboxylic acids is 1. The first kappa shape index (κ1) is 7.07. The number of carboxylic acids is 1. The highest BCUT2D eigenvalue weighted by Crippen LogP contribution is 1.73. The number of carboxylic acid groups (broad SMARTS) is 1. The van der Waals surface area contributed by atoms with Crippen molar-refractivity contribution < 1.29 is 9.90 Å². The van der Waals surface area contributed by atoms with Crippen LogP contribution in [0.5, 0.6) is 0 Å². The molecule has 0 atom stereocenters. The molecule has 8 heavy (non-hydrogen) atoms. The Balaban J connectivity index is 3.16. The van der Waals surface area contributed by atoms with E-state index in [4.69, 9.17) is 5.11 Å². The summed E-state index contributed by atoms with van der Waals surface area (Å²) in [4.78, 5) is 9.72. The summed E-state index contributed by atoms with van der Waals surface area (Å²) in [7, 11) is 0. The van der Waals surface area contributed by atoms with Crippen LogP contribution in [0, 0.1) is 0 Å². The van der Waals surface area contributed by atoms with Gasteiger partial charge in [-0.1, -0.05) is 0 Å². The van der Waals surface area contributed by atoms with Crippen LogP contribution >= 0.6 is 0 Å². The minimum Gasteiger partial charge on any atom is -0.480 e. The fourth-order valence-corrected chi connectivity index (χ4v) is 0.210. The molecule has 0 unspecified atom stereocenters. The second kappa shape index (κ2) is 4.23. The monoisotopic (exact) mass is 116 g/mol.